The van der Waals surface area contributed by atoms with Crippen molar-refractivity contribution in [2.24, 2.45) is 12.0 Å². The Kier molecular flexibility index (Phi) is 9.29. The first kappa shape index (κ1) is 24.3. The third kappa shape index (κ3) is 6.28. The Morgan fingerprint density at radius 2 is 1.97 bits per heavy atom. The Hall–Kier alpha value is -1.94. The molecule has 2 N–H and O–H groups in total. The number of thiazole rings is 1. The SMILES string of the molecule is CN=C(NCCc1csc(-c2ccccc2)n1)NC(C)Cc1c(C)nn(C)c1C.I. The highest BCUT2D eigenvalue weighted by Crippen LogP contribution is 2.23. The van der Waals surface area contributed by atoms with Crippen LogP contribution in [0.4, 0.5) is 0 Å². The molecule has 0 bridgehead atoms. The minimum absolute atomic E-state index is 0. The van der Waals surface area contributed by atoms with Crippen LogP contribution in [0.15, 0.2) is 40.7 Å². The van der Waals surface area contributed by atoms with Gasteiger partial charge in [0.25, 0.3) is 0 Å². The minimum atomic E-state index is 0. The monoisotopic (exact) mass is 538 g/mol. The molecule has 8 heteroatoms. The quantitative estimate of drug-likeness (QED) is 0.270. The molecule has 1 unspecified atom stereocenters. The van der Waals surface area contributed by atoms with Gasteiger partial charge in [0.2, 0.25) is 0 Å². The van der Waals surface area contributed by atoms with E-state index in [1.165, 1.54) is 16.8 Å². The Labute approximate surface area is 200 Å². The number of guanidine groups is 1. The normalized spacial score (nSPS) is 12.4. The molecule has 0 aliphatic rings. The number of aryl methyl sites for hydroxylation is 2. The van der Waals surface area contributed by atoms with E-state index in [4.69, 9.17) is 4.98 Å². The molecular formula is C22H31IN6S. The van der Waals surface area contributed by atoms with E-state index in [9.17, 15) is 0 Å². The molecule has 0 spiro atoms. The van der Waals surface area contributed by atoms with Crippen LogP contribution >= 0.6 is 35.3 Å². The molecule has 162 valence electrons. The summed E-state index contributed by atoms with van der Waals surface area (Å²) in [4.78, 5) is 9.11. The second-order valence-corrected chi connectivity index (χ2v) is 8.14. The van der Waals surface area contributed by atoms with Crippen molar-refractivity contribution in [1.82, 2.24) is 25.4 Å². The van der Waals surface area contributed by atoms with Gasteiger partial charge in [-0.05, 0) is 32.8 Å². The maximum absolute atomic E-state index is 4.75. The maximum Gasteiger partial charge on any atom is 0.191 e. The fourth-order valence-corrected chi connectivity index (χ4v) is 4.20. The molecule has 0 saturated carbocycles. The van der Waals surface area contributed by atoms with Crippen molar-refractivity contribution in [3.63, 3.8) is 0 Å². The summed E-state index contributed by atoms with van der Waals surface area (Å²) in [6.45, 7) is 7.15. The first-order valence-electron chi connectivity index (χ1n) is 9.94. The molecule has 0 saturated heterocycles. The second kappa shape index (κ2) is 11.5. The first-order chi connectivity index (χ1) is 14.0. The van der Waals surface area contributed by atoms with Gasteiger partial charge in [-0.3, -0.25) is 9.67 Å². The molecule has 6 nitrogen and oxygen atoms in total. The zero-order chi connectivity index (χ0) is 20.8. The van der Waals surface area contributed by atoms with Crippen LogP contribution in [-0.4, -0.2) is 40.4 Å². The highest BCUT2D eigenvalue weighted by molar-refractivity contribution is 14.0. The summed E-state index contributed by atoms with van der Waals surface area (Å²) in [5, 5.41) is 14.6. The lowest BCUT2D eigenvalue weighted by atomic mass is 10.1. The zero-order valence-corrected chi connectivity index (χ0v) is 21.4. The highest BCUT2D eigenvalue weighted by atomic mass is 127. The van der Waals surface area contributed by atoms with Gasteiger partial charge in [-0.1, -0.05) is 30.3 Å². The third-order valence-corrected chi connectivity index (χ3v) is 5.96. The number of halogens is 1. The smallest absolute Gasteiger partial charge is 0.191 e. The number of nitrogens with zero attached hydrogens (tertiary/aromatic N) is 4. The highest BCUT2D eigenvalue weighted by Gasteiger charge is 2.14. The average molecular weight is 539 g/mol. The summed E-state index contributed by atoms with van der Waals surface area (Å²) in [5.41, 5.74) is 5.89. The van der Waals surface area contributed by atoms with Crippen LogP contribution in [0.25, 0.3) is 10.6 Å². The average Bonchev–Trinajstić information content (AvgIpc) is 3.28. The van der Waals surface area contributed by atoms with Gasteiger partial charge < -0.3 is 10.6 Å². The minimum Gasteiger partial charge on any atom is -0.356 e. The molecule has 2 aromatic heterocycles. The van der Waals surface area contributed by atoms with Gasteiger partial charge in [-0.25, -0.2) is 4.98 Å². The van der Waals surface area contributed by atoms with E-state index in [0.717, 1.165) is 41.7 Å². The van der Waals surface area contributed by atoms with E-state index >= 15 is 0 Å². The summed E-state index contributed by atoms with van der Waals surface area (Å²) in [6.07, 6.45) is 1.78. The van der Waals surface area contributed by atoms with E-state index in [0.29, 0.717) is 0 Å². The maximum atomic E-state index is 4.75. The molecule has 0 fully saturated rings. The Balaban J connectivity index is 0.00000320. The van der Waals surface area contributed by atoms with E-state index in [1.807, 2.05) is 29.9 Å². The molecule has 1 atom stereocenters. The van der Waals surface area contributed by atoms with Gasteiger partial charge in [-0.15, -0.1) is 35.3 Å². The Morgan fingerprint density at radius 3 is 2.60 bits per heavy atom. The number of hydrogen-bond donors (Lipinski definition) is 2. The van der Waals surface area contributed by atoms with Gasteiger partial charge in [0.15, 0.2) is 5.96 Å². The van der Waals surface area contributed by atoms with Crippen LogP contribution in [0.3, 0.4) is 0 Å². The van der Waals surface area contributed by atoms with Crippen LogP contribution in [0.2, 0.25) is 0 Å². The van der Waals surface area contributed by atoms with Crippen molar-refractivity contribution in [1.29, 1.82) is 0 Å². The fraction of sp³-hybridized carbons (Fsp3) is 0.409. The van der Waals surface area contributed by atoms with Crippen molar-refractivity contribution in [2.75, 3.05) is 13.6 Å². The summed E-state index contributed by atoms with van der Waals surface area (Å²) in [6, 6.07) is 10.6. The molecule has 30 heavy (non-hydrogen) atoms. The molecule has 1 aromatic carbocycles. The molecule has 0 aliphatic carbocycles. The van der Waals surface area contributed by atoms with Crippen molar-refractivity contribution < 1.29 is 0 Å². The molecule has 3 aromatic rings. The van der Waals surface area contributed by atoms with Crippen molar-refractivity contribution in [2.45, 2.75) is 39.7 Å². The Bertz CT molecular complexity index is 963. The summed E-state index contributed by atoms with van der Waals surface area (Å²) in [7, 11) is 3.80. The summed E-state index contributed by atoms with van der Waals surface area (Å²) >= 11 is 1.69. The van der Waals surface area contributed by atoms with E-state index in [-0.39, 0.29) is 30.0 Å². The predicted molar refractivity (Wildman–Crippen MR) is 137 cm³/mol. The van der Waals surface area contributed by atoms with Gasteiger partial charge in [-0.2, -0.15) is 5.10 Å². The summed E-state index contributed by atoms with van der Waals surface area (Å²) < 4.78 is 1.95. The molecule has 2 heterocycles. The molecule has 0 radical (unpaired) electrons. The molecule has 0 aliphatic heterocycles. The van der Waals surface area contributed by atoms with Crippen LogP contribution < -0.4 is 10.6 Å². The van der Waals surface area contributed by atoms with Gasteiger partial charge in [0, 0.05) is 49.7 Å². The third-order valence-electron chi connectivity index (χ3n) is 5.02. The number of nitrogens with one attached hydrogen (secondary N) is 2. The largest absolute Gasteiger partial charge is 0.356 e. The van der Waals surface area contributed by atoms with Crippen LogP contribution in [0.1, 0.15) is 29.6 Å². The van der Waals surface area contributed by atoms with E-state index < -0.39 is 0 Å². The number of aliphatic imine (C=N–C) groups is 1. The van der Waals surface area contributed by atoms with Crippen LogP contribution in [0.5, 0.6) is 0 Å². The molecule has 3 rings (SSSR count). The number of benzene rings is 1. The van der Waals surface area contributed by atoms with E-state index in [2.05, 4.69) is 59.0 Å². The van der Waals surface area contributed by atoms with E-state index in [1.54, 1.807) is 18.4 Å². The zero-order valence-electron chi connectivity index (χ0n) is 18.3. The van der Waals surface area contributed by atoms with Crippen molar-refractivity contribution in [3.05, 3.63) is 58.4 Å². The Morgan fingerprint density at radius 1 is 1.23 bits per heavy atom. The van der Waals surface area contributed by atoms with Gasteiger partial charge in [0.05, 0.1) is 11.4 Å². The van der Waals surface area contributed by atoms with Gasteiger partial charge in [0.1, 0.15) is 5.01 Å². The van der Waals surface area contributed by atoms with Crippen molar-refractivity contribution >= 4 is 41.3 Å². The van der Waals surface area contributed by atoms with Crippen molar-refractivity contribution in [3.8, 4) is 10.6 Å². The number of aromatic nitrogens is 3. The standard InChI is InChI=1S/C22H30N6S.HI/c1-15(13-20-16(2)27-28(5)17(20)3)25-22(23-4)24-12-11-19-14-29-21(26-19)18-9-7-6-8-10-18;/h6-10,14-15H,11-13H2,1-5H3,(H2,23,24,25);1H. The number of hydrogen-bond acceptors (Lipinski definition) is 4. The number of rotatable bonds is 7. The molecular weight excluding hydrogens is 507 g/mol. The van der Waals surface area contributed by atoms with Crippen LogP contribution in [0, 0.1) is 13.8 Å². The lowest BCUT2D eigenvalue weighted by molar-refractivity contribution is 0.635. The molecule has 0 amide bonds. The second-order valence-electron chi connectivity index (χ2n) is 7.28. The van der Waals surface area contributed by atoms with Gasteiger partial charge >= 0.3 is 0 Å². The topological polar surface area (TPSA) is 67.1 Å². The summed E-state index contributed by atoms with van der Waals surface area (Å²) in [5.74, 6) is 0.815. The predicted octanol–water partition coefficient (Wildman–Crippen LogP) is 4.12. The fourth-order valence-electron chi connectivity index (χ4n) is 3.34. The first-order valence-corrected chi connectivity index (χ1v) is 10.8. The lowest BCUT2D eigenvalue weighted by Gasteiger charge is -2.18. The lowest BCUT2D eigenvalue weighted by Crippen LogP contribution is -2.43. The van der Waals surface area contributed by atoms with Crippen LogP contribution in [-0.2, 0) is 19.9 Å².